The van der Waals surface area contributed by atoms with Crippen molar-refractivity contribution in [2.24, 2.45) is 7.05 Å². The third-order valence-corrected chi connectivity index (χ3v) is 6.56. The Hall–Kier alpha value is -4.45. The van der Waals surface area contributed by atoms with E-state index in [0.717, 1.165) is 33.4 Å². The zero-order valence-electron chi connectivity index (χ0n) is 21.0. The van der Waals surface area contributed by atoms with Crippen LogP contribution >= 0.6 is 0 Å². The van der Waals surface area contributed by atoms with Crippen LogP contribution < -0.4 is 14.8 Å². The number of aryl methyl sites for hydroxylation is 1. The third kappa shape index (κ3) is 5.54. The molecule has 3 aromatic carbocycles. The summed E-state index contributed by atoms with van der Waals surface area (Å²) in [6.45, 7) is 0.769. The number of rotatable bonds is 10. The minimum atomic E-state index is -0.187. The van der Waals surface area contributed by atoms with Crippen molar-refractivity contribution in [3.8, 4) is 11.5 Å². The van der Waals surface area contributed by atoms with Gasteiger partial charge in [-0.3, -0.25) is 4.79 Å². The molecule has 1 amide bonds. The third-order valence-electron chi connectivity index (χ3n) is 6.56. The van der Waals surface area contributed by atoms with Crippen molar-refractivity contribution >= 4 is 16.8 Å². The largest absolute Gasteiger partial charge is 0.493 e. The summed E-state index contributed by atoms with van der Waals surface area (Å²) in [4.78, 5) is 13.1. The van der Waals surface area contributed by atoms with E-state index in [1.54, 1.807) is 13.4 Å². The van der Waals surface area contributed by atoms with E-state index in [1.165, 1.54) is 0 Å². The maximum absolute atomic E-state index is 13.1. The molecule has 6 heteroatoms. The SMILES string of the molecule is COc1ccc([C@@H](CC(=O)NCc2ccco2)c2cn(C)c3ccccc23)cc1OCc1ccccc1. The fraction of sp³-hybridized carbons (Fsp3) is 0.194. The van der Waals surface area contributed by atoms with Crippen molar-refractivity contribution in [2.75, 3.05) is 7.11 Å². The second-order valence-electron chi connectivity index (χ2n) is 9.01. The first-order valence-electron chi connectivity index (χ1n) is 12.3. The first-order chi connectivity index (χ1) is 18.1. The van der Waals surface area contributed by atoms with Crippen LogP contribution in [0.3, 0.4) is 0 Å². The van der Waals surface area contributed by atoms with Gasteiger partial charge in [-0.25, -0.2) is 0 Å². The van der Waals surface area contributed by atoms with Crippen LogP contribution in [0.15, 0.2) is 102 Å². The molecule has 0 radical (unpaired) electrons. The van der Waals surface area contributed by atoms with Crippen molar-refractivity contribution in [1.29, 1.82) is 0 Å². The Morgan fingerprint density at radius 3 is 2.57 bits per heavy atom. The Labute approximate surface area is 216 Å². The molecule has 0 aliphatic rings. The summed E-state index contributed by atoms with van der Waals surface area (Å²) in [6, 6.07) is 27.9. The Kier molecular flexibility index (Phi) is 7.26. The molecule has 37 heavy (non-hydrogen) atoms. The normalized spacial score (nSPS) is 11.8. The molecule has 0 aliphatic carbocycles. The number of nitrogens with one attached hydrogen (secondary N) is 1. The number of furan rings is 1. The van der Waals surface area contributed by atoms with Crippen LogP contribution in [0.4, 0.5) is 0 Å². The second kappa shape index (κ2) is 11.1. The summed E-state index contributed by atoms with van der Waals surface area (Å²) in [5.74, 6) is 1.77. The molecule has 188 valence electrons. The fourth-order valence-corrected chi connectivity index (χ4v) is 4.67. The summed E-state index contributed by atoms with van der Waals surface area (Å²) in [5.41, 5.74) is 4.25. The topological polar surface area (TPSA) is 65.6 Å². The van der Waals surface area contributed by atoms with Gasteiger partial charge in [-0.15, -0.1) is 0 Å². The van der Waals surface area contributed by atoms with E-state index in [0.29, 0.717) is 24.7 Å². The Morgan fingerprint density at radius 1 is 0.973 bits per heavy atom. The van der Waals surface area contributed by atoms with E-state index in [4.69, 9.17) is 13.9 Å². The molecule has 0 fully saturated rings. The number of hydrogen-bond donors (Lipinski definition) is 1. The standard InChI is InChI=1S/C31H30N2O4/c1-33-20-27(25-12-6-7-13-28(25)33)26(18-31(34)32-19-24-11-8-16-36-24)23-14-15-29(35-2)30(17-23)37-21-22-9-4-3-5-10-22/h3-17,20,26H,18-19,21H2,1-2H3,(H,32,34)/t26-/m1/s1. The van der Waals surface area contributed by atoms with Crippen LogP contribution in [-0.4, -0.2) is 17.6 Å². The lowest BCUT2D eigenvalue weighted by Gasteiger charge is -2.19. The molecular formula is C31H30N2O4. The number of methoxy groups -OCH3 is 1. The number of fused-ring (bicyclic) bond motifs is 1. The number of hydrogen-bond acceptors (Lipinski definition) is 4. The highest BCUT2D eigenvalue weighted by Crippen LogP contribution is 2.38. The maximum Gasteiger partial charge on any atom is 0.221 e. The number of ether oxygens (including phenoxy) is 2. The average Bonchev–Trinajstić information content (AvgIpc) is 3.58. The van der Waals surface area contributed by atoms with Crippen LogP contribution in [0.1, 0.15) is 34.8 Å². The molecule has 2 aromatic heterocycles. The summed E-state index contributed by atoms with van der Waals surface area (Å²) >= 11 is 0. The van der Waals surface area contributed by atoms with Gasteiger partial charge in [0.2, 0.25) is 5.91 Å². The zero-order chi connectivity index (χ0) is 25.6. The molecule has 0 saturated carbocycles. The quantitative estimate of drug-likeness (QED) is 0.251. The lowest BCUT2D eigenvalue weighted by atomic mass is 9.87. The minimum Gasteiger partial charge on any atom is -0.493 e. The fourth-order valence-electron chi connectivity index (χ4n) is 4.67. The first kappa shape index (κ1) is 24.3. The zero-order valence-corrected chi connectivity index (χ0v) is 21.0. The molecular weight excluding hydrogens is 464 g/mol. The number of carbonyl (C=O) groups is 1. The lowest BCUT2D eigenvalue weighted by Crippen LogP contribution is -2.24. The van der Waals surface area contributed by atoms with Crippen molar-refractivity contribution in [2.45, 2.75) is 25.5 Å². The van der Waals surface area contributed by atoms with Crippen molar-refractivity contribution in [3.63, 3.8) is 0 Å². The number of aromatic nitrogens is 1. The average molecular weight is 495 g/mol. The first-order valence-corrected chi connectivity index (χ1v) is 12.3. The molecule has 1 N–H and O–H groups in total. The molecule has 1 atom stereocenters. The Bertz CT molecular complexity index is 1470. The predicted octanol–water partition coefficient (Wildman–Crippen LogP) is 6.20. The number of benzene rings is 3. The van der Waals surface area contributed by atoms with Crippen LogP contribution in [0.2, 0.25) is 0 Å². The van der Waals surface area contributed by atoms with Gasteiger partial charge in [0.1, 0.15) is 12.4 Å². The van der Waals surface area contributed by atoms with Crippen LogP contribution in [0, 0.1) is 0 Å². The smallest absolute Gasteiger partial charge is 0.221 e. The van der Waals surface area contributed by atoms with E-state index >= 15 is 0 Å². The van der Waals surface area contributed by atoms with Gasteiger partial charge >= 0.3 is 0 Å². The molecule has 0 aliphatic heterocycles. The van der Waals surface area contributed by atoms with E-state index in [-0.39, 0.29) is 18.2 Å². The number of nitrogens with zero attached hydrogens (tertiary/aromatic N) is 1. The molecule has 5 rings (SSSR count). The molecule has 5 aromatic rings. The summed E-state index contributed by atoms with van der Waals surface area (Å²) in [6.07, 6.45) is 4.00. The van der Waals surface area contributed by atoms with Crippen LogP contribution in [0.5, 0.6) is 11.5 Å². The highest BCUT2D eigenvalue weighted by molar-refractivity contribution is 5.86. The lowest BCUT2D eigenvalue weighted by molar-refractivity contribution is -0.121. The summed E-state index contributed by atoms with van der Waals surface area (Å²) in [7, 11) is 3.66. The monoisotopic (exact) mass is 494 g/mol. The molecule has 2 heterocycles. The number of para-hydroxylation sites is 1. The van der Waals surface area contributed by atoms with Gasteiger partial charge < -0.3 is 23.8 Å². The highest BCUT2D eigenvalue weighted by atomic mass is 16.5. The van der Waals surface area contributed by atoms with Gasteiger partial charge in [-0.1, -0.05) is 54.6 Å². The van der Waals surface area contributed by atoms with Crippen molar-refractivity contribution < 1.29 is 18.7 Å². The molecule has 6 nitrogen and oxygen atoms in total. The van der Waals surface area contributed by atoms with Gasteiger partial charge in [0.05, 0.1) is 19.9 Å². The summed E-state index contributed by atoms with van der Waals surface area (Å²) < 4.78 is 19.3. The minimum absolute atomic E-state index is 0.0584. The van der Waals surface area contributed by atoms with Gasteiger partial charge in [0.15, 0.2) is 11.5 Å². The second-order valence-corrected chi connectivity index (χ2v) is 9.01. The highest BCUT2D eigenvalue weighted by Gasteiger charge is 2.24. The Morgan fingerprint density at radius 2 is 1.78 bits per heavy atom. The maximum atomic E-state index is 13.1. The number of amides is 1. The Balaban J connectivity index is 1.48. The molecule has 0 bridgehead atoms. The summed E-state index contributed by atoms with van der Waals surface area (Å²) in [5, 5.41) is 4.12. The predicted molar refractivity (Wildman–Crippen MR) is 144 cm³/mol. The van der Waals surface area contributed by atoms with Crippen LogP contribution in [0.25, 0.3) is 10.9 Å². The van der Waals surface area contributed by atoms with Gasteiger partial charge in [0.25, 0.3) is 0 Å². The van der Waals surface area contributed by atoms with E-state index in [9.17, 15) is 4.79 Å². The van der Waals surface area contributed by atoms with Gasteiger partial charge in [-0.05, 0) is 47.0 Å². The van der Waals surface area contributed by atoms with Gasteiger partial charge in [0, 0.05) is 36.5 Å². The van der Waals surface area contributed by atoms with Gasteiger partial charge in [-0.2, -0.15) is 0 Å². The van der Waals surface area contributed by atoms with E-state index in [2.05, 4.69) is 28.2 Å². The van der Waals surface area contributed by atoms with Crippen molar-refractivity contribution in [3.05, 3.63) is 120 Å². The van der Waals surface area contributed by atoms with E-state index in [1.807, 2.05) is 79.8 Å². The molecule has 0 spiro atoms. The van der Waals surface area contributed by atoms with Crippen LogP contribution in [-0.2, 0) is 25.0 Å². The number of carbonyl (C=O) groups excluding carboxylic acids is 1. The van der Waals surface area contributed by atoms with E-state index < -0.39 is 0 Å². The van der Waals surface area contributed by atoms with Crippen molar-refractivity contribution in [1.82, 2.24) is 9.88 Å². The molecule has 0 unspecified atom stereocenters. The molecule has 0 saturated heterocycles.